The fraction of sp³-hybridized carbons (Fsp3) is 0.0667. The van der Waals surface area contributed by atoms with E-state index in [-0.39, 0.29) is 0 Å². The van der Waals surface area contributed by atoms with Crippen molar-refractivity contribution in [3.63, 3.8) is 0 Å². The van der Waals surface area contributed by atoms with E-state index in [1.807, 2.05) is 41.9 Å². The van der Waals surface area contributed by atoms with Crippen LogP contribution in [-0.4, -0.2) is 9.55 Å². The van der Waals surface area contributed by atoms with Crippen molar-refractivity contribution in [2.75, 3.05) is 0 Å². The third-order valence-corrected chi connectivity index (χ3v) is 4.10. The third kappa shape index (κ3) is 2.00. The number of benzene rings is 2. The molecule has 0 spiro atoms. The molecule has 0 radical (unpaired) electrons. The molecule has 0 fully saturated rings. The van der Waals surface area contributed by atoms with Crippen LogP contribution in [0.4, 0.5) is 0 Å². The van der Waals surface area contributed by atoms with E-state index in [0.717, 1.165) is 21.4 Å². The van der Waals surface area contributed by atoms with Crippen LogP contribution in [0, 0.1) is 11.3 Å². The van der Waals surface area contributed by atoms with E-state index in [1.54, 1.807) is 6.07 Å². The van der Waals surface area contributed by atoms with E-state index in [4.69, 9.17) is 11.6 Å². The number of aryl methyl sites for hydroxylation is 1. The van der Waals surface area contributed by atoms with Gasteiger partial charge in [0.25, 0.3) is 0 Å². The molecule has 1 aromatic heterocycles. The number of hydrogen-bond donors (Lipinski definition) is 0. The average molecular weight is 347 g/mol. The van der Waals surface area contributed by atoms with Gasteiger partial charge in [-0.1, -0.05) is 17.7 Å². The van der Waals surface area contributed by atoms with Crippen molar-refractivity contribution in [2.45, 2.75) is 0 Å². The fourth-order valence-corrected chi connectivity index (χ4v) is 3.08. The van der Waals surface area contributed by atoms with Crippen molar-refractivity contribution in [1.82, 2.24) is 9.55 Å². The normalized spacial score (nSPS) is 10.7. The van der Waals surface area contributed by atoms with Crippen LogP contribution in [0.15, 0.2) is 40.9 Å². The molecule has 0 bridgehead atoms. The van der Waals surface area contributed by atoms with Gasteiger partial charge in [0.15, 0.2) is 0 Å². The molecule has 3 rings (SSSR count). The van der Waals surface area contributed by atoms with Gasteiger partial charge in [-0.25, -0.2) is 4.98 Å². The predicted molar refractivity (Wildman–Crippen MR) is 83.6 cm³/mol. The van der Waals surface area contributed by atoms with E-state index >= 15 is 0 Å². The van der Waals surface area contributed by atoms with Gasteiger partial charge < -0.3 is 4.57 Å². The number of rotatable bonds is 1. The quantitative estimate of drug-likeness (QED) is 0.649. The number of para-hydroxylation sites is 1. The van der Waals surface area contributed by atoms with E-state index in [1.165, 1.54) is 0 Å². The molecule has 3 nitrogen and oxygen atoms in total. The Labute approximate surface area is 129 Å². The predicted octanol–water partition coefficient (Wildman–Crippen LogP) is 4.53. The van der Waals surface area contributed by atoms with Crippen molar-refractivity contribution >= 4 is 38.6 Å². The highest BCUT2D eigenvalue weighted by atomic mass is 79.9. The molecule has 20 heavy (non-hydrogen) atoms. The highest BCUT2D eigenvalue weighted by Gasteiger charge is 2.14. The van der Waals surface area contributed by atoms with E-state index in [2.05, 4.69) is 27.0 Å². The number of nitriles is 1. The molecule has 0 aliphatic carbocycles. The Balaban J connectivity index is 2.33. The third-order valence-electron chi connectivity index (χ3n) is 3.20. The highest BCUT2D eigenvalue weighted by molar-refractivity contribution is 9.10. The number of nitrogens with zero attached hydrogens (tertiary/aromatic N) is 3. The van der Waals surface area contributed by atoms with Crippen molar-refractivity contribution in [2.24, 2.45) is 7.05 Å². The zero-order valence-electron chi connectivity index (χ0n) is 10.6. The van der Waals surface area contributed by atoms with E-state index in [0.29, 0.717) is 16.1 Å². The van der Waals surface area contributed by atoms with Gasteiger partial charge in [-0.3, -0.25) is 0 Å². The highest BCUT2D eigenvalue weighted by Crippen LogP contribution is 2.32. The summed E-state index contributed by atoms with van der Waals surface area (Å²) in [5, 5.41) is 9.84. The molecule has 0 aliphatic heterocycles. The first kappa shape index (κ1) is 13.2. The zero-order valence-corrected chi connectivity index (χ0v) is 12.9. The molecule has 0 unspecified atom stereocenters. The summed E-state index contributed by atoms with van der Waals surface area (Å²) in [6.07, 6.45) is 0. The summed E-state index contributed by atoms with van der Waals surface area (Å²) >= 11 is 9.48. The van der Waals surface area contributed by atoms with Crippen LogP contribution in [0.1, 0.15) is 5.56 Å². The summed E-state index contributed by atoms with van der Waals surface area (Å²) in [5.74, 6) is 0.797. The Morgan fingerprint density at radius 1 is 1.30 bits per heavy atom. The first-order chi connectivity index (χ1) is 9.61. The fourth-order valence-electron chi connectivity index (χ4n) is 2.22. The lowest BCUT2D eigenvalue weighted by atomic mass is 10.2. The molecule has 0 atom stereocenters. The lowest BCUT2D eigenvalue weighted by Gasteiger charge is -2.05. The lowest BCUT2D eigenvalue weighted by Crippen LogP contribution is -1.93. The molecule has 3 aromatic rings. The number of imidazole rings is 1. The van der Waals surface area contributed by atoms with Gasteiger partial charge >= 0.3 is 0 Å². The minimum atomic E-state index is 0.578. The Morgan fingerprint density at radius 3 is 2.80 bits per heavy atom. The average Bonchev–Trinajstić information content (AvgIpc) is 2.76. The molecular formula is C15H9BrClN3. The number of fused-ring (bicyclic) bond motifs is 1. The van der Waals surface area contributed by atoms with Crippen molar-refractivity contribution < 1.29 is 0 Å². The Kier molecular flexibility index (Phi) is 3.25. The summed E-state index contributed by atoms with van der Waals surface area (Å²) in [5.41, 5.74) is 3.17. The molecule has 1 heterocycles. The van der Waals surface area contributed by atoms with Crippen LogP contribution < -0.4 is 0 Å². The summed E-state index contributed by atoms with van der Waals surface area (Å²) in [6, 6.07) is 13.3. The van der Waals surface area contributed by atoms with Gasteiger partial charge in [0.05, 0.1) is 11.1 Å². The largest absolute Gasteiger partial charge is 0.327 e. The first-order valence-corrected chi connectivity index (χ1v) is 7.10. The molecule has 0 N–H and O–H groups in total. The lowest BCUT2D eigenvalue weighted by molar-refractivity contribution is 0.958. The molecular weight excluding hydrogens is 338 g/mol. The Bertz CT molecular complexity index is 861. The van der Waals surface area contributed by atoms with Crippen LogP contribution in [0.2, 0.25) is 5.02 Å². The van der Waals surface area contributed by atoms with Crippen LogP contribution in [0.5, 0.6) is 0 Å². The number of hydrogen-bond acceptors (Lipinski definition) is 2. The summed E-state index contributed by atoms with van der Waals surface area (Å²) in [4.78, 5) is 4.61. The Hall–Kier alpha value is -1.83. The molecule has 0 saturated carbocycles. The molecule has 2 aromatic carbocycles. The maximum Gasteiger partial charge on any atom is 0.142 e. The minimum absolute atomic E-state index is 0.578. The van der Waals surface area contributed by atoms with Crippen molar-refractivity contribution in [3.8, 4) is 17.5 Å². The standard InChI is InChI=1S/C15H9BrClN3/c1-20-13-4-2-3-9(8-18)14(13)19-15(20)11-6-5-10(17)7-12(11)16/h2-7H,1H3. The maximum absolute atomic E-state index is 9.17. The second-order valence-corrected chi connectivity index (χ2v) is 5.69. The molecule has 5 heteroatoms. The van der Waals surface area contributed by atoms with Crippen LogP contribution in [0.25, 0.3) is 22.4 Å². The van der Waals surface area contributed by atoms with Gasteiger partial charge in [0, 0.05) is 22.1 Å². The smallest absolute Gasteiger partial charge is 0.142 e. The van der Waals surface area contributed by atoms with E-state index in [9.17, 15) is 5.26 Å². The monoisotopic (exact) mass is 345 g/mol. The summed E-state index contributed by atoms with van der Waals surface area (Å²) in [7, 11) is 1.94. The summed E-state index contributed by atoms with van der Waals surface area (Å²) in [6.45, 7) is 0. The van der Waals surface area contributed by atoms with Crippen molar-refractivity contribution in [1.29, 1.82) is 5.26 Å². The van der Waals surface area contributed by atoms with Gasteiger partial charge in [-0.05, 0) is 46.3 Å². The molecule has 98 valence electrons. The molecule has 0 amide bonds. The van der Waals surface area contributed by atoms with Gasteiger partial charge in [0.1, 0.15) is 17.4 Å². The number of halogens is 2. The minimum Gasteiger partial charge on any atom is -0.327 e. The first-order valence-electron chi connectivity index (χ1n) is 5.93. The van der Waals surface area contributed by atoms with Crippen LogP contribution in [-0.2, 0) is 7.05 Å². The van der Waals surface area contributed by atoms with Crippen LogP contribution >= 0.6 is 27.5 Å². The maximum atomic E-state index is 9.17. The SMILES string of the molecule is Cn1c(-c2ccc(Cl)cc2Br)nc2c(C#N)cccc21. The van der Waals surface area contributed by atoms with Gasteiger partial charge in [0.2, 0.25) is 0 Å². The Morgan fingerprint density at radius 2 is 2.10 bits per heavy atom. The van der Waals surface area contributed by atoms with E-state index < -0.39 is 0 Å². The summed E-state index contributed by atoms with van der Waals surface area (Å²) < 4.78 is 2.85. The zero-order chi connectivity index (χ0) is 14.3. The number of aromatic nitrogens is 2. The van der Waals surface area contributed by atoms with Gasteiger partial charge in [-0.15, -0.1) is 0 Å². The van der Waals surface area contributed by atoms with Crippen LogP contribution in [0.3, 0.4) is 0 Å². The molecule has 0 saturated heterocycles. The molecule has 0 aliphatic rings. The van der Waals surface area contributed by atoms with Crippen molar-refractivity contribution in [3.05, 3.63) is 51.5 Å². The van der Waals surface area contributed by atoms with Gasteiger partial charge in [-0.2, -0.15) is 5.26 Å². The topological polar surface area (TPSA) is 41.6 Å². The second kappa shape index (κ2) is 4.93. The second-order valence-electron chi connectivity index (χ2n) is 4.40.